The average molecular weight is 323 g/mol. The lowest BCUT2D eigenvalue weighted by Crippen LogP contribution is -2.44. The third-order valence-corrected chi connectivity index (χ3v) is 5.26. The third kappa shape index (κ3) is 3.45. The molecular weight excluding hydrogens is 300 g/mol. The van der Waals surface area contributed by atoms with Gasteiger partial charge in [0, 0.05) is 23.2 Å². The number of fused-ring (bicyclic) bond motifs is 1. The van der Waals surface area contributed by atoms with Crippen LogP contribution in [0.1, 0.15) is 43.8 Å². The van der Waals surface area contributed by atoms with Gasteiger partial charge in [-0.15, -0.1) is 0 Å². The van der Waals surface area contributed by atoms with Crippen molar-refractivity contribution in [3.8, 4) is 0 Å². The summed E-state index contributed by atoms with van der Waals surface area (Å²) in [4.78, 5) is 12.3. The maximum Gasteiger partial charge on any atom is 0.237 e. The van der Waals surface area contributed by atoms with Crippen molar-refractivity contribution in [3.05, 3.63) is 34.9 Å². The second kappa shape index (κ2) is 6.99. The lowest BCUT2D eigenvalue weighted by molar-refractivity contribution is -0.123. The monoisotopic (exact) mass is 322 g/mol. The second-order valence-corrected chi connectivity index (χ2v) is 6.80. The highest BCUT2D eigenvalue weighted by Crippen LogP contribution is 2.33. The standard InChI is InChI=1S/C17H23ClN2O2/c18-13-7-3-2-6-12(13)16(21)10-19-17(22)15-9-11-5-1-4-8-14(11)20-15/h2-3,6-7,11,14-16,20-21H,1,4-5,8-10H2,(H,19,22). The van der Waals surface area contributed by atoms with E-state index in [1.54, 1.807) is 12.1 Å². The first kappa shape index (κ1) is 15.8. The SMILES string of the molecule is O=C(NCC(O)c1ccccc1Cl)C1CC2CCCCC2N1. The molecule has 120 valence electrons. The Bertz CT molecular complexity index is 523. The Morgan fingerprint density at radius 2 is 2.14 bits per heavy atom. The number of benzene rings is 1. The molecule has 2 fully saturated rings. The van der Waals surface area contributed by atoms with Gasteiger partial charge in [0.1, 0.15) is 0 Å². The van der Waals surface area contributed by atoms with E-state index in [9.17, 15) is 9.90 Å². The van der Waals surface area contributed by atoms with Gasteiger partial charge in [-0.05, 0) is 31.2 Å². The van der Waals surface area contributed by atoms with Gasteiger partial charge in [0.25, 0.3) is 0 Å². The number of amides is 1. The zero-order valence-corrected chi connectivity index (χ0v) is 13.4. The first-order chi connectivity index (χ1) is 10.6. The van der Waals surface area contributed by atoms with Gasteiger partial charge in [-0.25, -0.2) is 0 Å². The van der Waals surface area contributed by atoms with E-state index in [1.807, 2.05) is 12.1 Å². The molecule has 4 atom stereocenters. The maximum atomic E-state index is 12.3. The number of hydrogen-bond donors (Lipinski definition) is 3. The Morgan fingerprint density at radius 1 is 1.36 bits per heavy atom. The molecule has 0 aromatic heterocycles. The van der Waals surface area contributed by atoms with Crippen molar-refractivity contribution in [2.45, 2.75) is 50.3 Å². The summed E-state index contributed by atoms with van der Waals surface area (Å²) in [5.74, 6) is 0.624. The fourth-order valence-corrected chi connectivity index (χ4v) is 3.96. The molecule has 22 heavy (non-hydrogen) atoms. The molecule has 2 aliphatic rings. The summed E-state index contributed by atoms with van der Waals surface area (Å²) in [7, 11) is 0. The number of carbonyl (C=O) groups is 1. The Hall–Kier alpha value is -1.10. The Labute approximate surface area is 136 Å². The van der Waals surface area contributed by atoms with Crippen molar-refractivity contribution in [2.24, 2.45) is 5.92 Å². The normalized spacial score (nSPS) is 28.9. The lowest BCUT2D eigenvalue weighted by atomic mass is 9.85. The van der Waals surface area contributed by atoms with Crippen LogP contribution in [0, 0.1) is 5.92 Å². The van der Waals surface area contributed by atoms with Gasteiger partial charge in [0.05, 0.1) is 12.1 Å². The van der Waals surface area contributed by atoms with Crippen molar-refractivity contribution in [1.82, 2.24) is 10.6 Å². The number of aliphatic hydroxyl groups excluding tert-OH is 1. The van der Waals surface area contributed by atoms with Gasteiger partial charge in [-0.2, -0.15) is 0 Å². The minimum Gasteiger partial charge on any atom is -0.387 e. The molecule has 0 spiro atoms. The first-order valence-corrected chi connectivity index (χ1v) is 8.49. The van der Waals surface area contributed by atoms with Crippen LogP contribution >= 0.6 is 11.6 Å². The van der Waals surface area contributed by atoms with Gasteiger partial charge >= 0.3 is 0 Å². The van der Waals surface area contributed by atoms with Gasteiger partial charge in [0.15, 0.2) is 0 Å². The van der Waals surface area contributed by atoms with E-state index in [1.165, 1.54) is 25.7 Å². The smallest absolute Gasteiger partial charge is 0.237 e. The van der Waals surface area contributed by atoms with Crippen LogP contribution in [-0.2, 0) is 4.79 Å². The summed E-state index contributed by atoms with van der Waals surface area (Å²) in [5, 5.41) is 17.0. The van der Waals surface area contributed by atoms with Crippen LogP contribution in [0.4, 0.5) is 0 Å². The minimum absolute atomic E-state index is 0.0134. The summed E-state index contributed by atoms with van der Waals surface area (Å²) >= 11 is 6.06. The van der Waals surface area contributed by atoms with Crippen LogP contribution in [-0.4, -0.2) is 29.6 Å². The molecule has 4 nitrogen and oxygen atoms in total. The summed E-state index contributed by atoms with van der Waals surface area (Å²) in [6, 6.07) is 7.55. The van der Waals surface area contributed by atoms with Gasteiger partial charge in [-0.3, -0.25) is 4.79 Å². The van der Waals surface area contributed by atoms with Crippen LogP contribution in [0.5, 0.6) is 0 Å². The zero-order valence-electron chi connectivity index (χ0n) is 12.6. The van der Waals surface area contributed by atoms with Crippen molar-refractivity contribution < 1.29 is 9.90 Å². The molecule has 1 aliphatic heterocycles. The quantitative estimate of drug-likeness (QED) is 0.797. The number of aliphatic hydroxyl groups is 1. The molecule has 1 heterocycles. The van der Waals surface area contributed by atoms with Gasteiger partial charge < -0.3 is 15.7 Å². The molecule has 0 radical (unpaired) electrons. The molecule has 3 N–H and O–H groups in total. The topological polar surface area (TPSA) is 61.4 Å². The summed E-state index contributed by atoms with van der Waals surface area (Å²) in [6.45, 7) is 0.191. The Kier molecular flexibility index (Phi) is 5.01. The van der Waals surface area contributed by atoms with Gasteiger partial charge in [0.2, 0.25) is 5.91 Å². The van der Waals surface area contributed by atoms with Crippen LogP contribution < -0.4 is 10.6 Å². The molecule has 1 aliphatic carbocycles. The van der Waals surface area contributed by atoms with E-state index in [0.717, 1.165) is 6.42 Å². The van der Waals surface area contributed by atoms with Crippen LogP contribution in [0.2, 0.25) is 5.02 Å². The predicted octanol–water partition coefficient (Wildman–Crippen LogP) is 2.41. The summed E-state index contributed by atoms with van der Waals surface area (Å²) in [5.41, 5.74) is 0.650. The van der Waals surface area contributed by atoms with E-state index >= 15 is 0 Å². The number of hydrogen-bond acceptors (Lipinski definition) is 3. The molecule has 1 amide bonds. The zero-order chi connectivity index (χ0) is 15.5. The lowest BCUT2D eigenvalue weighted by Gasteiger charge is -2.24. The number of rotatable bonds is 4. The molecule has 3 rings (SSSR count). The molecular formula is C17H23ClN2O2. The van der Waals surface area contributed by atoms with Gasteiger partial charge in [-0.1, -0.05) is 42.6 Å². The maximum absolute atomic E-state index is 12.3. The highest BCUT2D eigenvalue weighted by molar-refractivity contribution is 6.31. The van der Waals surface area contributed by atoms with E-state index in [0.29, 0.717) is 22.5 Å². The fourth-order valence-electron chi connectivity index (χ4n) is 3.70. The second-order valence-electron chi connectivity index (χ2n) is 6.39. The molecule has 1 saturated carbocycles. The Balaban J connectivity index is 1.51. The van der Waals surface area contributed by atoms with Crippen molar-refractivity contribution in [1.29, 1.82) is 0 Å². The highest BCUT2D eigenvalue weighted by atomic mass is 35.5. The largest absolute Gasteiger partial charge is 0.387 e. The first-order valence-electron chi connectivity index (χ1n) is 8.11. The van der Waals surface area contributed by atoms with Crippen molar-refractivity contribution in [2.75, 3.05) is 6.54 Å². The van der Waals surface area contributed by atoms with E-state index in [2.05, 4.69) is 10.6 Å². The summed E-state index contributed by atoms with van der Waals surface area (Å²) in [6.07, 6.45) is 5.08. The summed E-state index contributed by atoms with van der Waals surface area (Å²) < 4.78 is 0. The third-order valence-electron chi connectivity index (χ3n) is 4.91. The van der Waals surface area contributed by atoms with Crippen molar-refractivity contribution in [3.63, 3.8) is 0 Å². The molecule has 1 aromatic carbocycles. The minimum atomic E-state index is -0.777. The number of carbonyl (C=O) groups excluding carboxylic acids is 1. The highest BCUT2D eigenvalue weighted by Gasteiger charge is 2.38. The van der Waals surface area contributed by atoms with Crippen LogP contribution in [0.15, 0.2) is 24.3 Å². The molecule has 0 bridgehead atoms. The predicted molar refractivity (Wildman–Crippen MR) is 86.7 cm³/mol. The number of nitrogens with one attached hydrogen (secondary N) is 2. The Morgan fingerprint density at radius 3 is 2.91 bits per heavy atom. The molecule has 1 saturated heterocycles. The van der Waals surface area contributed by atoms with Crippen molar-refractivity contribution >= 4 is 17.5 Å². The molecule has 1 aromatic rings. The molecule has 4 unspecified atom stereocenters. The fraction of sp³-hybridized carbons (Fsp3) is 0.588. The average Bonchev–Trinajstić information content (AvgIpc) is 2.97. The number of halogens is 1. The van der Waals surface area contributed by atoms with Crippen LogP contribution in [0.25, 0.3) is 0 Å². The van der Waals surface area contributed by atoms with E-state index in [-0.39, 0.29) is 18.5 Å². The van der Waals surface area contributed by atoms with E-state index in [4.69, 9.17) is 11.6 Å². The van der Waals surface area contributed by atoms with E-state index < -0.39 is 6.10 Å². The van der Waals surface area contributed by atoms with Crippen LogP contribution in [0.3, 0.4) is 0 Å². The molecule has 5 heteroatoms.